The second-order valence-electron chi connectivity index (χ2n) is 9.56. The summed E-state index contributed by atoms with van der Waals surface area (Å²) in [5.41, 5.74) is 0.836. The van der Waals surface area contributed by atoms with Crippen LogP contribution < -0.4 is 23.8 Å². The smallest absolute Gasteiger partial charge is 0.264 e. The summed E-state index contributed by atoms with van der Waals surface area (Å²) in [6, 6.07) is 18.8. The zero-order chi connectivity index (χ0) is 30.7. The average Bonchev–Trinajstić information content (AvgIpc) is 3.02. The highest BCUT2D eigenvalue weighted by Gasteiger charge is 2.34. The van der Waals surface area contributed by atoms with Crippen molar-refractivity contribution in [3.05, 3.63) is 78.4 Å². The van der Waals surface area contributed by atoms with Crippen molar-refractivity contribution in [2.24, 2.45) is 0 Å². The van der Waals surface area contributed by atoms with E-state index >= 15 is 0 Å². The molecule has 0 radical (unpaired) electrons. The van der Waals surface area contributed by atoms with Crippen LogP contribution in [0.4, 0.5) is 5.69 Å². The Bertz CT molecular complexity index is 1450. The van der Waals surface area contributed by atoms with Crippen LogP contribution in [0.1, 0.15) is 32.3 Å². The molecule has 0 heterocycles. The monoisotopic (exact) mass is 597 g/mol. The Morgan fingerprint density at radius 1 is 0.881 bits per heavy atom. The fourth-order valence-corrected chi connectivity index (χ4v) is 5.75. The van der Waals surface area contributed by atoms with E-state index < -0.39 is 28.5 Å². The summed E-state index contributed by atoms with van der Waals surface area (Å²) in [4.78, 5) is 28.6. The molecule has 1 N–H and O–H groups in total. The van der Waals surface area contributed by atoms with Gasteiger partial charge in [0.15, 0.2) is 0 Å². The molecular weight excluding hydrogens is 558 g/mol. The number of benzene rings is 3. The zero-order valence-electron chi connectivity index (χ0n) is 24.7. The lowest BCUT2D eigenvalue weighted by Gasteiger charge is -2.32. The van der Waals surface area contributed by atoms with Crippen LogP contribution in [0.15, 0.2) is 77.7 Å². The molecule has 2 amide bonds. The molecule has 226 valence electrons. The Hall–Kier alpha value is -4.25. The van der Waals surface area contributed by atoms with Crippen LogP contribution in [0.3, 0.4) is 0 Å². The fraction of sp³-hybridized carbons (Fsp3) is 0.355. The first kappa shape index (κ1) is 32.3. The van der Waals surface area contributed by atoms with E-state index in [2.05, 4.69) is 5.32 Å². The molecule has 0 aliphatic rings. The van der Waals surface area contributed by atoms with Crippen LogP contribution in [0.5, 0.6) is 17.2 Å². The predicted molar refractivity (Wildman–Crippen MR) is 161 cm³/mol. The molecule has 0 aliphatic heterocycles. The molecule has 0 aromatic heterocycles. The highest BCUT2D eigenvalue weighted by atomic mass is 32.2. The summed E-state index contributed by atoms with van der Waals surface area (Å²) in [6.07, 6.45) is 1.69. The summed E-state index contributed by atoms with van der Waals surface area (Å²) in [5.74, 6) is 0.280. The van der Waals surface area contributed by atoms with E-state index in [1.54, 1.807) is 62.6 Å². The molecule has 0 bridgehead atoms. The van der Waals surface area contributed by atoms with Gasteiger partial charge in [-0.3, -0.25) is 13.9 Å². The minimum Gasteiger partial charge on any atom is -0.497 e. The van der Waals surface area contributed by atoms with Gasteiger partial charge in [-0.2, -0.15) is 0 Å². The van der Waals surface area contributed by atoms with Gasteiger partial charge < -0.3 is 24.4 Å². The molecule has 1 atom stereocenters. The van der Waals surface area contributed by atoms with Crippen LogP contribution >= 0.6 is 0 Å². The average molecular weight is 598 g/mol. The third-order valence-electron chi connectivity index (χ3n) is 6.75. The van der Waals surface area contributed by atoms with E-state index in [0.717, 1.165) is 17.1 Å². The number of hydrogen-bond donors (Lipinski definition) is 1. The van der Waals surface area contributed by atoms with Gasteiger partial charge in [-0.25, -0.2) is 8.42 Å². The number of methoxy groups -OCH3 is 3. The Kier molecular flexibility index (Phi) is 11.6. The van der Waals surface area contributed by atoms with Crippen LogP contribution in [-0.4, -0.2) is 65.6 Å². The zero-order valence-corrected chi connectivity index (χ0v) is 25.5. The first-order valence-electron chi connectivity index (χ1n) is 13.7. The first-order valence-corrected chi connectivity index (χ1v) is 15.1. The van der Waals surface area contributed by atoms with Crippen molar-refractivity contribution in [2.75, 3.05) is 38.7 Å². The summed E-state index contributed by atoms with van der Waals surface area (Å²) < 4.78 is 45.3. The lowest BCUT2D eigenvalue weighted by Crippen LogP contribution is -2.51. The standard InChI is InChI=1S/C31H39N3O7S/c1-6-7-18-32-31(36)23(2)33(21-24-12-11-13-25(19-24)39-3)30(35)22-34(42(37,38)27-14-9-8-10-15-27)28-20-26(40-4)16-17-29(28)41-5/h8-17,19-20,23H,6-7,18,21-22H2,1-5H3,(H,32,36). The number of carbonyl (C=O) groups excluding carboxylic acids is 2. The molecule has 42 heavy (non-hydrogen) atoms. The highest BCUT2D eigenvalue weighted by Crippen LogP contribution is 2.36. The molecule has 0 spiro atoms. The van der Waals surface area contributed by atoms with Gasteiger partial charge in [0, 0.05) is 19.2 Å². The fourth-order valence-electron chi connectivity index (χ4n) is 4.31. The molecular formula is C31H39N3O7S. The molecule has 10 nitrogen and oxygen atoms in total. The van der Waals surface area contributed by atoms with Gasteiger partial charge in [0.05, 0.1) is 31.9 Å². The second-order valence-corrected chi connectivity index (χ2v) is 11.4. The van der Waals surface area contributed by atoms with Gasteiger partial charge in [-0.1, -0.05) is 43.7 Å². The number of anilines is 1. The molecule has 3 aromatic rings. The van der Waals surface area contributed by atoms with Crippen LogP contribution in [0.25, 0.3) is 0 Å². The van der Waals surface area contributed by atoms with Crippen molar-refractivity contribution >= 4 is 27.5 Å². The number of nitrogens with one attached hydrogen (secondary N) is 1. The third-order valence-corrected chi connectivity index (χ3v) is 8.52. The number of ether oxygens (including phenoxy) is 3. The van der Waals surface area contributed by atoms with Crippen molar-refractivity contribution in [2.45, 2.75) is 44.2 Å². The summed E-state index contributed by atoms with van der Waals surface area (Å²) >= 11 is 0. The molecule has 0 aliphatic carbocycles. The quantitative estimate of drug-likeness (QED) is 0.261. The van der Waals surface area contributed by atoms with Crippen LogP contribution in [-0.2, 0) is 26.2 Å². The number of nitrogens with zero attached hydrogens (tertiary/aromatic N) is 2. The second kappa shape index (κ2) is 15.1. The molecule has 3 aromatic carbocycles. The van der Waals surface area contributed by atoms with Gasteiger partial charge in [0.1, 0.15) is 29.8 Å². The Morgan fingerprint density at radius 2 is 1.57 bits per heavy atom. The molecule has 1 unspecified atom stereocenters. The maximum absolute atomic E-state index is 14.1. The third kappa shape index (κ3) is 7.94. The van der Waals surface area contributed by atoms with Gasteiger partial charge in [0.25, 0.3) is 10.0 Å². The molecule has 11 heteroatoms. The lowest BCUT2D eigenvalue weighted by molar-refractivity contribution is -0.139. The number of rotatable bonds is 15. The Labute approximate surface area is 248 Å². The number of unbranched alkanes of at least 4 members (excludes halogenated alkanes) is 1. The van der Waals surface area contributed by atoms with Crippen LogP contribution in [0.2, 0.25) is 0 Å². The van der Waals surface area contributed by atoms with E-state index in [-0.39, 0.29) is 28.8 Å². The maximum Gasteiger partial charge on any atom is 0.264 e. The minimum atomic E-state index is -4.26. The summed E-state index contributed by atoms with van der Waals surface area (Å²) in [7, 11) is 0.158. The number of sulfonamides is 1. The number of hydrogen-bond acceptors (Lipinski definition) is 7. The van der Waals surface area contributed by atoms with Crippen molar-refractivity contribution in [1.29, 1.82) is 0 Å². The Balaban J connectivity index is 2.08. The van der Waals surface area contributed by atoms with E-state index in [4.69, 9.17) is 14.2 Å². The van der Waals surface area contributed by atoms with Gasteiger partial charge in [0.2, 0.25) is 11.8 Å². The molecule has 0 saturated carbocycles. The molecule has 3 rings (SSSR count). The van der Waals surface area contributed by atoms with Crippen LogP contribution in [0, 0.1) is 0 Å². The van der Waals surface area contributed by atoms with Crippen molar-refractivity contribution in [3.8, 4) is 17.2 Å². The van der Waals surface area contributed by atoms with E-state index in [1.165, 1.54) is 37.3 Å². The van der Waals surface area contributed by atoms with Gasteiger partial charge in [-0.05, 0) is 55.3 Å². The predicted octanol–water partition coefficient (Wildman–Crippen LogP) is 4.24. The number of amides is 2. The van der Waals surface area contributed by atoms with E-state index in [1.807, 2.05) is 13.0 Å². The van der Waals surface area contributed by atoms with Gasteiger partial charge >= 0.3 is 0 Å². The topological polar surface area (TPSA) is 114 Å². The SMILES string of the molecule is CCCCNC(=O)C(C)N(Cc1cccc(OC)c1)C(=O)CN(c1cc(OC)ccc1OC)S(=O)(=O)c1ccccc1. The van der Waals surface area contributed by atoms with E-state index in [9.17, 15) is 18.0 Å². The van der Waals surface area contributed by atoms with Gasteiger partial charge in [-0.15, -0.1) is 0 Å². The summed E-state index contributed by atoms with van der Waals surface area (Å²) in [6.45, 7) is 3.56. The molecule has 0 fully saturated rings. The lowest BCUT2D eigenvalue weighted by atomic mass is 10.1. The van der Waals surface area contributed by atoms with E-state index in [0.29, 0.717) is 23.6 Å². The minimum absolute atomic E-state index is 0.00706. The number of carbonyl (C=O) groups is 2. The molecule has 0 saturated heterocycles. The first-order chi connectivity index (χ1) is 20.2. The largest absolute Gasteiger partial charge is 0.497 e. The Morgan fingerprint density at radius 3 is 2.21 bits per heavy atom. The van der Waals surface area contributed by atoms with Crippen molar-refractivity contribution in [3.63, 3.8) is 0 Å². The summed E-state index contributed by atoms with van der Waals surface area (Å²) in [5, 5.41) is 2.88. The van der Waals surface area contributed by atoms with Crippen molar-refractivity contribution in [1.82, 2.24) is 10.2 Å². The maximum atomic E-state index is 14.1. The normalized spacial score (nSPS) is 11.7. The van der Waals surface area contributed by atoms with Crippen molar-refractivity contribution < 1.29 is 32.2 Å². The highest BCUT2D eigenvalue weighted by molar-refractivity contribution is 7.92.